The average Bonchev–Trinajstić information content (AvgIpc) is 3.12. The highest BCUT2D eigenvalue weighted by molar-refractivity contribution is 5.91. The molecule has 6 nitrogen and oxygen atoms in total. The monoisotopic (exact) mass is 358 g/mol. The van der Waals surface area contributed by atoms with Gasteiger partial charge in [-0.25, -0.2) is 9.59 Å². The predicted molar refractivity (Wildman–Crippen MR) is 96.7 cm³/mol. The Morgan fingerprint density at radius 1 is 1.08 bits per heavy atom. The Balaban J connectivity index is 1.80. The molecule has 0 aliphatic carbocycles. The van der Waals surface area contributed by atoms with E-state index in [9.17, 15) is 9.59 Å². The number of carbonyl (C=O) groups is 2. The Hall–Kier alpha value is -3.02. The van der Waals surface area contributed by atoms with E-state index < -0.39 is 11.9 Å². The lowest BCUT2D eigenvalue weighted by Gasteiger charge is -2.08. The molecule has 0 unspecified atom stereocenters. The number of esters is 2. The molecule has 138 valence electrons. The zero-order valence-electron chi connectivity index (χ0n) is 15.1. The van der Waals surface area contributed by atoms with Crippen LogP contribution in [-0.4, -0.2) is 31.9 Å². The van der Waals surface area contributed by atoms with Crippen LogP contribution in [0.1, 0.15) is 26.3 Å². The van der Waals surface area contributed by atoms with Crippen LogP contribution in [0.4, 0.5) is 0 Å². The first-order valence-electron chi connectivity index (χ1n) is 8.23. The first-order chi connectivity index (χ1) is 12.5. The third-order valence-electron chi connectivity index (χ3n) is 3.74. The molecule has 1 aliphatic rings. The van der Waals surface area contributed by atoms with Crippen LogP contribution in [0.25, 0.3) is 6.08 Å². The molecule has 1 heterocycles. The zero-order chi connectivity index (χ0) is 18.9. The summed E-state index contributed by atoms with van der Waals surface area (Å²) in [5.41, 5.74) is 1.69. The van der Waals surface area contributed by atoms with Gasteiger partial charge in [-0.2, -0.15) is 0 Å². The summed E-state index contributed by atoms with van der Waals surface area (Å²) >= 11 is 0. The molecular formula is C20H22O6. The Labute approximate surface area is 152 Å². The largest absolute Gasteiger partial charge is 0.458 e. The van der Waals surface area contributed by atoms with Crippen molar-refractivity contribution in [2.45, 2.75) is 20.8 Å². The van der Waals surface area contributed by atoms with E-state index in [2.05, 4.69) is 0 Å². The van der Waals surface area contributed by atoms with Crippen LogP contribution >= 0.6 is 0 Å². The molecule has 0 saturated heterocycles. The topological polar surface area (TPSA) is 71.1 Å². The lowest BCUT2D eigenvalue weighted by atomic mass is 10.2. The summed E-state index contributed by atoms with van der Waals surface area (Å²) in [6.07, 6.45) is 6.76. The summed E-state index contributed by atoms with van der Waals surface area (Å²) in [6.45, 7) is 5.29. The van der Waals surface area contributed by atoms with Gasteiger partial charge in [0.25, 0.3) is 0 Å². The maximum atomic E-state index is 12.0. The Kier molecular flexibility index (Phi) is 7.02. The van der Waals surface area contributed by atoms with Gasteiger partial charge in [0.2, 0.25) is 6.79 Å². The molecule has 0 saturated carbocycles. The van der Waals surface area contributed by atoms with Crippen LogP contribution in [0.3, 0.4) is 0 Å². The van der Waals surface area contributed by atoms with Gasteiger partial charge in [0.05, 0.1) is 5.57 Å². The maximum Gasteiger partial charge on any atom is 0.337 e. The van der Waals surface area contributed by atoms with Gasteiger partial charge in [0.1, 0.15) is 13.2 Å². The van der Waals surface area contributed by atoms with Crippen molar-refractivity contribution in [2.24, 2.45) is 0 Å². The van der Waals surface area contributed by atoms with Crippen molar-refractivity contribution >= 4 is 18.0 Å². The standard InChI is InChI=1S/C20H22O6/c1-4-14(3)19(21)24-12-16(5-2)20(22)23-10-6-7-15-8-9-17-18(11-15)26-13-25-17/h4-9,11H,10,12-13H2,1-3H3/b7-6+,14-4+,16-5-. The van der Waals surface area contributed by atoms with Gasteiger partial charge in [0.15, 0.2) is 11.5 Å². The summed E-state index contributed by atoms with van der Waals surface area (Å²) < 4.78 is 20.8. The van der Waals surface area contributed by atoms with Gasteiger partial charge >= 0.3 is 11.9 Å². The molecule has 0 N–H and O–H groups in total. The van der Waals surface area contributed by atoms with Crippen molar-refractivity contribution in [3.63, 3.8) is 0 Å². The van der Waals surface area contributed by atoms with E-state index >= 15 is 0 Å². The summed E-state index contributed by atoms with van der Waals surface area (Å²) in [7, 11) is 0. The van der Waals surface area contributed by atoms with Gasteiger partial charge in [-0.05, 0) is 44.5 Å². The highest BCUT2D eigenvalue weighted by Crippen LogP contribution is 2.32. The molecule has 6 heteroatoms. The predicted octanol–water partition coefficient (Wildman–Crippen LogP) is 3.43. The number of rotatable bonds is 7. The fourth-order valence-electron chi connectivity index (χ4n) is 2.05. The van der Waals surface area contributed by atoms with E-state index in [1.165, 1.54) is 0 Å². The highest BCUT2D eigenvalue weighted by atomic mass is 16.7. The second kappa shape index (κ2) is 9.46. The number of hydrogen-bond donors (Lipinski definition) is 0. The van der Waals surface area contributed by atoms with Crippen molar-refractivity contribution in [1.29, 1.82) is 0 Å². The number of carbonyl (C=O) groups excluding carboxylic acids is 2. The smallest absolute Gasteiger partial charge is 0.337 e. The summed E-state index contributed by atoms with van der Waals surface area (Å²) in [6, 6.07) is 5.56. The number of ether oxygens (including phenoxy) is 4. The molecule has 0 radical (unpaired) electrons. The summed E-state index contributed by atoms with van der Waals surface area (Å²) in [4.78, 5) is 23.6. The minimum atomic E-state index is -0.520. The van der Waals surface area contributed by atoms with E-state index in [0.717, 1.165) is 5.56 Å². The second-order valence-corrected chi connectivity index (χ2v) is 5.48. The van der Waals surface area contributed by atoms with Crippen LogP contribution in [0.2, 0.25) is 0 Å². The second-order valence-electron chi connectivity index (χ2n) is 5.48. The molecule has 0 bridgehead atoms. The van der Waals surface area contributed by atoms with Crippen molar-refractivity contribution in [3.8, 4) is 11.5 Å². The Morgan fingerprint density at radius 3 is 2.58 bits per heavy atom. The van der Waals surface area contributed by atoms with Gasteiger partial charge in [-0.15, -0.1) is 0 Å². The van der Waals surface area contributed by atoms with Gasteiger partial charge in [0, 0.05) is 5.57 Å². The van der Waals surface area contributed by atoms with Crippen molar-refractivity contribution < 1.29 is 28.5 Å². The van der Waals surface area contributed by atoms with Crippen LogP contribution in [0, 0.1) is 0 Å². The third kappa shape index (κ3) is 5.24. The van der Waals surface area contributed by atoms with E-state index in [1.807, 2.05) is 24.3 Å². The molecular weight excluding hydrogens is 336 g/mol. The van der Waals surface area contributed by atoms with Crippen molar-refractivity contribution in [1.82, 2.24) is 0 Å². The average molecular weight is 358 g/mol. The minimum absolute atomic E-state index is 0.104. The highest BCUT2D eigenvalue weighted by Gasteiger charge is 2.14. The number of allylic oxidation sites excluding steroid dienone is 2. The fraction of sp³-hybridized carbons (Fsp3) is 0.300. The molecule has 1 aromatic carbocycles. The number of fused-ring (bicyclic) bond motifs is 1. The molecule has 26 heavy (non-hydrogen) atoms. The number of hydrogen-bond acceptors (Lipinski definition) is 6. The van der Waals surface area contributed by atoms with Crippen LogP contribution < -0.4 is 9.47 Å². The quantitative estimate of drug-likeness (QED) is 0.549. The lowest BCUT2D eigenvalue weighted by molar-refractivity contribution is -0.141. The van der Waals surface area contributed by atoms with Gasteiger partial charge in [-0.3, -0.25) is 0 Å². The van der Waals surface area contributed by atoms with Crippen molar-refractivity contribution in [2.75, 3.05) is 20.0 Å². The van der Waals surface area contributed by atoms with Crippen molar-refractivity contribution in [3.05, 3.63) is 53.1 Å². The van der Waals surface area contributed by atoms with Gasteiger partial charge < -0.3 is 18.9 Å². The Bertz CT molecular complexity index is 758. The molecule has 0 amide bonds. The fourth-order valence-corrected chi connectivity index (χ4v) is 2.05. The van der Waals surface area contributed by atoms with E-state index in [-0.39, 0.29) is 20.0 Å². The zero-order valence-corrected chi connectivity index (χ0v) is 15.1. The lowest BCUT2D eigenvalue weighted by Crippen LogP contribution is -2.16. The summed E-state index contributed by atoms with van der Waals surface area (Å²) in [5.74, 6) is 0.434. The van der Waals surface area contributed by atoms with E-state index in [1.54, 1.807) is 39.0 Å². The minimum Gasteiger partial charge on any atom is -0.458 e. The normalized spacial score (nSPS) is 13.8. The molecule has 0 atom stereocenters. The molecule has 2 rings (SSSR count). The first-order valence-corrected chi connectivity index (χ1v) is 8.23. The van der Waals surface area contributed by atoms with Gasteiger partial charge in [-0.1, -0.05) is 24.3 Å². The molecule has 0 spiro atoms. The third-order valence-corrected chi connectivity index (χ3v) is 3.74. The van der Waals surface area contributed by atoms with Crippen LogP contribution in [-0.2, 0) is 19.1 Å². The maximum absolute atomic E-state index is 12.0. The molecule has 0 fully saturated rings. The molecule has 1 aromatic rings. The number of benzene rings is 1. The Morgan fingerprint density at radius 2 is 1.85 bits per heavy atom. The molecule has 0 aromatic heterocycles. The summed E-state index contributed by atoms with van der Waals surface area (Å²) in [5, 5.41) is 0. The first kappa shape index (κ1) is 19.3. The van der Waals surface area contributed by atoms with E-state index in [0.29, 0.717) is 22.6 Å². The van der Waals surface area contributed by atoms with E-state index in [4.69, 9.17) is 18.9 Å². The van der Waals surface area contributed by atoms with Crippen LogP contribution in [0.15, 0.2) is 47.6 Å². The molecule has 1 aliphatic heterocycles. The van der Waals surface area contributed by atoms with Crippen LogP contribution in [0.5, 0.6) is 11.5 Å². The SMILES string of the molecule is C/C=C(/COC(=O)/C(C)=C/C)C(=O)OC/C=C/c1ccc2c(c1)OCO2.